The number of amides is 1. The molecule has 0 saturated carbocycles. The minimum atomic E-state index is -0.333. The fraction of sp³-hybridized carbons (Fsp3) is 0.167. The van der Waals surface area contributed by atoms with Crippen LogP contribution in [-0.4, -0.2) is 25.8 Å². The number of benzene rings is 2. The van der Waals surface area contributed by atoms with Gasteiger partial charge in [0, 0.05) is 5.69 Å². The summed E-state index contributed by atoms with van der Waals surface area (Å²) in [5, 5.41) is 16.8. The van der Waals surface area contributed by atoms with Gasteiger partial charge in [0.2, 0.25) is 0 Å². The van der Waals surface area contributed by atoms with Gasteiger partial charge in [-0.15, -0.1) is 0 Å². The third kappa shape index (κ3) is 3.60. The summed E-state index contributed by atoms with van der Waals surface area (Å²) in [4.78, 5) is 16.3. The number of phenolic OH excluding ortho intramolecular Hbond substituents is 1. The lowest BCUT2D eigenvalue weighted by Gasteiger charge is -2.10. The van der Waals surface area contributed by atoms with E-state index in [1.165, 1.54) is 6.33 Å². The predicted molar refractivity (Wildman–Crippen MR) is 91.0 cm³/mol. The summed E-state index contributed by atoms with van der Waals surface area (Å²) < 4.78 is 1.71. The van der Waals surface area contributed by atoms with Crippen molar-refractivity contribution in [2.45, 2.75) is 19.9 Å². The number of nitrogens with one attached hydrogen (secondary N) is 1. The number of nitrogens with zero attached hydrogens (tertiary/aromatic N) is 3. The maximum Gasteiger partial charge on any atom is 0.259 e. The number of hydrogen-bond donors (Lipinski definition) is 2. The molecule has 0 radical (unpaired) electrons. The number of rotatable bonds is 5. The first-order valence-electron chi connectivity index (χ1n) is 7.70. The van der Waals surface area contributed by atoms with Gasteiger partial charge in [-0.2, -0.15) is 5.10 Å². The maximum atomic E-state index is 12.4. The van der Waals surface area contributed by atoms with Crippen LogP contribution in [-0.2, 0) is 13.0 Å². The van der Waals surface area contributed by atoms with E-state index in [0.717, 1.165) is 17.5 Å². The molecule has 1 amide bonds. The first kappa shape index (κ1) is 15.7. The third-order valence-corrected chi connectivity index (χ3v) is 3.71. The Morgan fingerprint density at radius 2 is 2.08 bits per heavy atom. The average molecular weight is 322 g/mol. The van der Waals surface area contributed by atoms with Crippen molar-refractivity contribution in [3.05, 3.63) is 71.8 Å². The van der Waals surface area contributed by atoms with E-state index in [1.807, 2.05) is 37.3 Å². The molecule has 3 aromatic rings. The molecule has 0 bridgehead atoms. The van der Waals surface area contributed by atoms with Crippen molar-refractivity contribution >= 4 is 11.6 Å². The number of carbonyl (C=O) groups excluding carboxylic acids is 1. The highest BCUT2D eigenvalue weighted by Gasteiger charge is 2.12. The predicted octanol–water partition coefficient (Wildman–Crippen LogP) is 2.85. The Hall–Kier alpha value is -3.15. The summed E-state index contributed by atoms with van der Waals surface area (Å²) in [5.74, 6) is -0.357. The lowest BCUT2D eigenvalue weighted by atomic mass is 10.1. The Morgan fingerprint density at radius 3 is 2.83 bits per heavy atom. The van der Waals surface area contributed by atoms with Gasteiger partial charge in [0.1, 0.15) is 18.4 Å². The monoisotopic (exact) mass is 322 g/mol. The van der Waals surface area contributed by atoms with Crippen molar-refractivity contribution in [3.63, 3.8) is 0 Å². The van der Waals surface area contributed by atoms with E-state index in [2.05, 4.69) is 15.4 Å². The molecule has 0 aliphatic rings. The minimum Gasteiger partial charge on any atom is -0.507 e. The van der Waals surface area contributed by atoms with Crippen molar-refractivity contribution < 1.29 is 9.90 Å². The van der Waals surface area contributed by atoms with Crippen molar-refractivity contribution in [3.8, 4) is 5.75 Å². The Morgan fingerprint density at radius 1 is 1.21 bits per heavy atom. The van der Waals surface area contributed by atoms with Crippen molar-refractivity contribution in [1.82, 2.24) is 14.8 Å². The number of carbonyl (C=O) groups is 1. The molecule has 0 unspecified atom stereocenters. The summed E-state index contributed by atoms with van der Waals surface area (Å²) in [6, 6.07) is 12.6. The van der Waals surface area contributed by atoms with Gasteiger partial charge in [-0.25, -0.2) is 9.67 Å². The van der Waals surface area contributed by atoms with Crippen LogP contribution in [0.15, 0.2) is 55.1 Å². The molecule has 6 heteroatoms. The summed E-state index contributed by atoms with van der Waals surface area (Å²) in [6.07, 6.45) is 3.92. The molecule has 6 nitrogen and oxygen atoms in total. The highest BCUT2D eigenvalue weighted by molar-refractivity contribution is 6.06. The molecule has 0 aliphatic heterocycles. The van der Waals surface area contributed by atoms with Gasteiger partial charge in [-0.1, -0.05) is 25.1 Å². The molecule has 2 N–H and O–H groups in total. The third-order valence-electron chi connectivity index (χ3n) is 3.71. The van der Waals surface area contributed by atoms with E-state index in [1.54, 1.807) is 23.1 Å². The minimum absolute atomic E-state index is 0.0246. The van der Waals surface area contributed by atoms with Crippen LogP contribution >= 0.6 is 0 Å². The molecule has 0 aliphatic carbocycles. The molecule has 24 heavy (non-hydrogen) atoms. The Kier molecular flexibility index (Phi) is 4.56. The van der Waals surface area contributed by atoms with Crippen LogP contribution in [0.4, 0.5) is 5.69 Å². The normalized spacial score (nSPS) is 10.5. The van der Waals surface area contributed by atoms with E-state index in [-0.39, 0.29) is 17.2 Å². The SMILES string of the molecule is CCc1ccc(O)c(C(=O)Nc2cccc(Cn3cncn3)c2)c1. The molecule has 0 saturated heterocycles. The highest BCUT2D eigenvalue weighted by atomic mass is 16.3. The molecular weight excluding hydrogens is 304 g/mol. The van der Waals surface area contributed by atoms with E-state index < -0.39 is 0 Å². The Balaban J connectivity index is 1.77. The molecule has 2 aromatic carbocycles. The van der Waals surface area contributed by atoms with E-state index in [0.29, 0.717) is 12.2 Å². The van der Waals surface area contributed by atoms with Crippen molar-refractivity contribution in [2.75, 3.05) is 5.32 Å². The highest BCUT2D eigenvalue weighted by Crippen LogP contribution is 2.21. The van der Waals surface area contributed by atoms with E-state index in [9.17, 15) is 9.90 Å². The van der Waals surface area contributed by atoms with E-state index in [4.69, 9.17) is 0 Å². The van der Waals surface area contributed by atoms with Gasteiger partial charge < -0.3 is 10.4 Å². The summed E-state index contributed by atoms with van der Waals surface area (Å²) in [6.45, 7) is 2.57. The van der Waals surface area contributed by atoms with Gasteiger partial charge >= 0.3 is 0 Å². The van der Waals surface area contributed by atoms with Crippen LogP contribution < -0.4 is 5.32 Å². The summed E-state index contributed by atoms with van der Waals surface area (Å²) >= 11 is 0. The zero-order valence-electron chi connectivity index (χ0n) is 13.3. The Bertz CT molecular complexity index is 844. The molecule has 0 atom stereocenters. The molecular formula is C18H18N4O2. The van der Waals surface area contributed by atoms with Gasteiger partial charge in [-0.05, 0) is 41.8 Å². The fourth-order valence-corrected chi connectivity index (χ4v) is 2.43. The summed E-state index contributed by atoms with van der Waals surface area (Å²) in [7, 11) is 0. The number of aromatic nitrogens is 3. The quantitative estimate of drug-likeness (QED) is 0.757. The lowest BCUT2D eigenvalue weighted by molar-refractivity contribution is 0.102. The van der Waals surface area contributed by atoms with Crippen LogP contribution in [0.25, 0.3) is 0 Å². The Labute approximate surface area is 139 Å². The van der Waals surface area contributed by atoms with Gasteiger partial charge in [-0.3, -0.25) is 4.79 Å². The van der Waals surface area contributed by atoms with Gasteiger partial charge in [0.05, 0.1) is 12.1 Å². The fourth-order valence-electron chi connectivity index (χ4n) is 2.43. The van der Waals surface area contributed by atoms with Crippen LogP contribution in [0.1, 0.15) is 28.4 Å². The van der Waals surface area contributed by atoms with Gasteiger partial charge in [0.15, 0.2) is 0 Å². The van der Waals surface area contributed by atoms with Gasteiger partial charge in [0.25, 0.3) is 5.91 Å². The molecule has 1 heterocycles. The molecule has 0 spiro atoms. The van der Waals surface area contributed by atoms with Crippen molar-refractivity contribution in [1.29, 1.82) is 0 Å². The number of anilines is 1. The molecule has 3 rings (SSSR count). The average Bonchev–Trinajstić information content (AvgIpc) is 3.08. The standard InChI is InChI=1S/C18H18N4O2/c1-2-13-6-7-17(23)16(9-13)18(24)21-15-5-3-4-14(8-15)10-22-12-19-11-20-22/h3-9,11-12,23H,2,10H2,1H3,(H,21,24). The number of phenols is 1. The van der Waals surface area contributed by atoms with Crippen molar-refractivity contribution in [2.24, 2.45) is 0 Å². The first-order chi connectivity index (χ1) is 11.7. The molecule has 0 fully saturated rings. The van der Waals surface area contributed by atoms with Crippen LogP contribution in [0, 0.1) is 0 Å². The second-order valence-electron chi connectivity index (χ2n) is 5.45. The smallest absolute Gasteiger partial charge is 0.259 e. The van der Waals surface area contributed by atoms with Crippen LogP contribution in [0.3, 0.4) is 0 Å². The first-order valence-corrected chi connectivity index (χ1v) is 7.70. The number of aryl methyl sites for hydroxylation is 1. The molecule has 1 aromatic heterocycles. The zero-order valence-corrected chi connectivity index (χ0v) is 13.3. The topological polar surface area (TPSA) is 80.0 Å². The van der Waals surface area contributed by atoms with Crippen LogP contribution in [0.2, 0.25) is 0 Å². The van der Waals surface area contributed by atoms with E-state index >= 15 is 0 Å². The summed E-state index contributed by atoms with van der Waals surface area (Å²) in [5.41, 5.74) is 2.93. The number of aromatic hydroxyl groups is 1. The number of hydrogen-bond acceptors (Lipinski definition) is 4. The zero-order chi connectivity index (χ0) is 16.9. The largest absolute Gasteiger partial charge is 0.507 e. The second kappa shape index (κ2) is 6.95. The van der Waals surface area contributed by atoms with Crippen LogP contribution in [0.5, 0.6) is 5.75 Å². The second-order valence-corrected chi connectivity index (χ2v) is 5.45. The lowest BCUT2D eigenvalue weighted by Crippen LogP contribution is -2.13. The maximum absolute atomic E-state index is 12.4. The molecule has 122 valence electrons.